The highest BCUT2D eigenvalue weighted by Gasteiger charge is 2.09. The molecule has 28 heavy (non-hydrogen) atoms. The zero-order valence-electron chi connectivity index (χ0n) is 15.5. The molecule has 1 heterocycles. The topological polar surface area (TPSA) is 72.5 Å². The summed E-state index contributed by atoms with van der Waals surface area (Å²) >= 11 is 0. The van der Waals surface area contributed by atoms with Gasteiger partial charge < -0.3 is 20.1 Å². The SMILES string of the molecule is COc1ccc(Nc2ccc(C(=O)NCc3ccccc3F)nc2)cc1OC. The number of nitrogens with zero attached hydrogens (tertiary/aromatic N) is 1. The Balaban J connectivity index is 1.63. The molecule has 3 rings (SSSR count). The lowest BCUT2D eigenvalue weighted by molar-refractivity contribution is 0.0945. The van der Waals surface area contributed by atoms with Crippen LogP contribution in [0.2, 0.25) is 0 Å². The molecule has 6 nitrogen and oxygen atoms in total. The fraction of sp³-hybridized carbons (Fsp3) is 0.143. The van der Waals surface area contributed by atoms with Crippen molar-refractivity contribution in [3.05, 3.63) is 77.9 Å². The Morgan fingerprint density at radius 3 is 2.43 bits per heavy atom. The summed E-state index contributed by atoms with van der Waals surface area (Å²) in [5.41, 5.74) is 2.16. The molecule has 0 spiro atoms. The molecule has 0 bridgehead atoms. The van der Waals surface area contributed by atoms with Crippen LogP contribution in [-0.4, -0.2) is 25.1 Å². The number of carbonyl (C=O) groups excluding carboxylic acids is 1. The van der Waals surface area contributed by atoms with Crippen molar-refractivity contribution in [3.63, 3.8) is 0 Å². The molecule has 1 amide bonds. The van der Waals surface area contributed by atoms with Crippen LogP contribution in [0, 0.1) is 5.82 Å². The molecule has 0 aliphatic heterocycles. The monoisotopic (exact) mass is 381 g/mol. The Labute approximate surface area is 162 Å². The zero-order chi connectivity index (χ0) is 19.9. The second kappa shape index (κ2) is 8.85. The van der Waals surface area contributed by atoms with E-state index in [-0.39, 0.29) is 24.0 Å². The van der Waals surface area contributed by atoms with E-state index in [1.165, 1.54) is 6.07 Å². The number of hydrogen-bond donors (Lipinski definition) is 2. The molecule has 0 aliphatic carbocycles. The second-order valence-electron chi connectivity index (χ2n) is 5.90. The molecule has 0 radical (unpaired) electrons. The van der Waals surface area contributed by atoms with Gasteiger partial charge in [0.05, 0.1) is 26.1 Å². The average Bonchev–Trinajstić information content (AvgIpc) is 2.73. The zero-order valence-corrected chi connectivity index (χ0v) is 15.5. The van der Waals surface area contributed by atoms with Gasteiger partial charge in [0.25, 0.3) is 5.91 Å². The molecule has 2 aromatic carbocycles. The molecule has 2 N–H and O–H groups in total. The molecular weight excluding hydrogens is 361 g/mol. The van der Waals surface area contributed by atoms with Gasteiger partial charge in [-0.25, -0.2) is 9.37 Å². The molecular formula is C21H20FN3O3. The van der Waals surface area contributed by atoms with Gasteiger partial charge in [-0.05, 0) is 30.3 Å². The van der Waals surface area contributed by atoms with Crippen LogP contribution in [0.5, 0.6) is 11.5 Å². The summed E-state index contributed by atoms with van der Waals surface area (Å²) < 4.78 is 24.1. The van der Waals surface area contributed by atoms with Crippen molar-refractivity contribution in [1.29, 1.82) is 0 Å². The van der Waals surface area contributed by atoms with Gasteiger partial charge in [0.15, 0.2) is 11.5 Å². The maximum Gasteiger partial charge on any atom is 0.270 e. The third-order valence-electron chi connectivity index (χ3n) is 4.07. The van der Waals surface area contributed by atoms with Gasteiger partial charge in [-0.2, -0.15) is 0 Å². The Bertz CT molecular complexity index is 961. The first-order valence-corrected chi connectivity index (χ1v) is 8.57. The van der Waals surface area contributed by atoms with Gasteiger partial charge in [0.2, 0.25) is 0 Å². The third-order valence-corrected chi connectivity index (χ3v) is 4.07. The molecule has 0 saturated heterocycles. The highest BCUT2D eigenvalue weighted by molar-refractivity contribution is 5.92. The summed E-state index contributed by atoms with van der Waals surface area (Å²) in [6.45, 7) is 0.0961. The normalized spacial score (nSPS) is 10.2. The van der Waals surface area contributed by atoms with E-state index in [1.54, 1.807) is 62.9 Å². The van der Waals surface area contributed by atoms with Gasteiger partial charge >= 0.3 is 0 Å². The van der Waals surface area contributed by atoms with Crippen molar-refractivity contribution in [2.24, 2.45) is 0 Å². The van der Waals surface area contributed by atoms with E-state index in [2.05, 4.69) is 15.6 Å². The third kappa shape index (κ3) is 4.56. The number of anilines is 2. The van der Waals surface area contributed by atoms with Crippen molar-refractivity contribution in [2.75, 3.05) is 19.5 Å². The number of aromatic nitrogens is 1. The minimum Gasteiger partial charge on any atom is -0.493 e. The van der Waals surface area contributed by atoms with Crippen LogP contribution in [0.25, 0.3) is 0 Å². The molecule has 0 saturated carbocycles. The maximum atomic E-state index is 13.6. The number of rotatable bonds is 7. The first-order chi connectivity index (χ1) is 13.6. The summed E-state index contributed by atoms with van der Waals surface area (Å²) in [5.74, 6) is 0.504. The minimum absolute atomic E-state index is 0.0961. The Kier molecular flexibility index (Phi) is 6.06. The van der Waals surface area contributed by atoms with Crippen molar-refractivity contribution in [3.8, 4) is 11.5 Å². The Hall–Kier alpha value is -3.61. The van der Waals surface area contributed by atoms with Gasteiger partial charge in [-0.15, -0.1) is 0 Å². The number of hydrogen-bond acceptors (Lipinski definition) is 5. The van der Waals surface area contributed by atoms with Gasteiger partial charge in [0.1, 0.15) is 11.5 Å². The van der Waals surface area contributed by atoms with Crippen LogP contribution in [0.15, 0.2) is 60.8 Å². The van der Waals surface area contributed by atoms with E-state index in [4.69, 9.17) is 9.47 Å². The van der Waals surface area contributed by atoms with E-state index >= 15 is 0 Å². The molecule has 3 aromatic rings. The summed E-state index contributed by atoms with van der Waals surface area (Å²) in [5, 5.41) is 5.84. The average molecular weight is 381 g/mol. The van der Waals surface area contributed by atoms with Crippen molar-refractivity contribution < 1.29 is 18.7 Å². The molecule has 0 atom stereocenters. The van der Waals surface area contributed by atoms with Crippen LogP contribution in [0.3, 0.4) is 0 Å². The summed E-state index contributed by atoms with van der Waals surface area (Å²) in [4.78, 5) is 16.4. The standard InChI is InChI=1S/C21H20FN3O3/c1-27-19-10-8-15(11-20(19)28-2)25-16-7-9-18(23-13-16)21(26)24-12-14-5-3-4-6-17(14)22/h3-11,13,25H,12H2,1-2H3,(H,24,26). The lowest BCUT2D eigenvalue weighted by atomic mass is 10.2. The summed E-state index contributed by atoms with van der Waals surface area (Å²) in [6.07, 6.45) is 1.55. The maximum absolute atomic E-state index is 13.6. The second-order valence-corrected chi connectivity index (χ2v) is 5.90. The fourth-order valence-corrected chi connectivity index (χ4v) is 2.59. The molecule has 7 heteroatoms. The first kappa shape index (κ1) is 19.2. The van der Waals surface area contributed by atoms with E-state index in [0.717, 1.165) is 5.69 Å². The number of amides is 1. The number of methoxy groups -OCH3 is 2. The Morgan fingerprint density at radius 1 is 1.00 bits per heavy atom. The van der Waals surface area contributed by atoms with Crippen LogP contribution in [-0.2, 0) is 6.54 Å². The van der Waals surface area contributed by atoms with Crippen LogP contribution in [0.4, 0.5) is 15.8 Å². The summed E-state index contributed by atoms with van der Waals surface area (Å²) in [6, 6.07) is 15.1. The highest BCUT2D eigenvalue weighted by atomic mass is 19.1. The molecule has 0 fully saturated rings. The lowest BCUT2D eigenvalue weighted by Crippen LogP contribution is -2.24. The smallest absolute Gasteiger partial charge is 0.270 e. The number of pyridine rings is 1. The van der Waals surface area contributed by atoms with Crippen molar-refractivity contribution in [1.82, 2.24) is 10.3 Å². The largest absolute Gasteiger partial charge is 0.493 e. The number of carbonyl (C=O) groups is 1. The van der Waals surface area contributed by atoms with E-state index < -0.39 is 0 Å². The Morgan fingerprint density at radius 2 is 1.75 bits per heavy atom. The van der Waals surface area contributed by atoms with E-state index in [9.17, 15) is 9.18 Å². The molecule has 0 aliphatic rings. The molecule has 1 aromatic heterocycles. The number of nitrogens with one attached hydrogen (secondary N) is 2. The summed E-state index contributed by atoms with van der Waals surface area (Å²) in [7, 11) is 3.14. The predicted octanol–water partition coefficient (Wildman–Crippen LogP) is 3.91. The first-order valence-electron chi connectivity index (χ1n) is 8.57. The van der Waals surface area contributed by atoms with E-state index in [1.807, 2.05) is 6.07 Å². The number of ether oxygens (including phenoxy) is 2. The minimum atomic E-state index is -0.374. The quantitative estimate of drug-likeness (QED) is 0.649. The van der Waals surface area contributed by atoms with Gasteiger partial charge in [-0.1, -0.05) is 18.2 Å². The van der Waals surface area contributed by atoms with Crippen LogP contribution in [0.1, 0.15) is 16.1 Å². The van der Waals surface area contributed by atoms with Crippen LogP contribution < -0.4 is 20.1 Å². The molecule has 144 valence electrons. The van der Waals surface area contributed by atoms with Crippen molar-refractivity contribution >= 4 is 17.3 Å². The highest BCUT2D eigenvalue weighted by Crippen LogP contribution is 2.30. The number of halogens is 1. The number of benzene rings is 2. The van der Waals surface area contributed by atoms with Crippen LogP contribution >= 0.6 is 0 Å². The fourth-order valence-electron chi connectivity index (χ4n) is 2.59. The van der Waals surface area contributed by atoms with E-state index in [0.29, 0.717) is 22.7 Å². The van der Waals surface area contributed by atoms with Gasteiger partial charge in [-0.3, -0.25) is 4.79 Å². The predicted molar refractivity (Wildman–Crippen MR) is 105 cm³/mol. The van der Waals surface area contributed by atoms with Crippen molar-refractivity contribution in [2.45, 2.75) is 6.54 Å². The lowest BCUT2D eigenvalue weighted by Gasteiger charge is -2.11. The van der Waals surface area contributed by atoms with Gasteiger partial charge in [0, 0.05) is 23.9 Å². The molecule has 0 unspecified atom stereocenters.